The highest BCUT2D eigenvalue weighted by molar-refractivity contribution is 5.94. The van der Waals surface area contributed by atoms with Crippen molar-refractivity contribution in [1.82, 2.24) is 0 Å². The van der Waals surface area contributed by atoms with E-state index in [0.29, 0.717) is 5.69 Å². The number of benzene rings is 1. The van der Waals surface area contributed by atoms with E-state index in [2.05, 4.69) is 10.6 Å². The number of carbonyl (C=O) groups is 2. The minimum absolute atomic E-state index is 0.00334. The Bertz CT molecular complexity index is 475. The summed E-state index contributed by atoms with van der Waals surface area (Å²) in [6, 6.07) is 3.94. The number of hydrogen-bond donors (Lipinski definition) is 2. The third-order valence-electron chi connectivity index (χ3n) is 2.11. The van der Waals surface area contributed by atoms with E-state index in [9.17, 15) is 14.0 Å². The number of amides is 2. The predicted molar refractivity (Wildman–Crippen MR) is 70.4 cm³/mol. The van der Waals surface area contributed by atoms with Gasteiger partial charge in [0, 0.05) is 12.6 Å². The van der Waals surface area contributed by atoms with Gasteiger partial charge in [0.15, 0.2) is 0 Å². The fourth-order valence-corrected chi connectivity index (χ4v) is 1.33. The van der Waals surface area contributed by atoms with Crippen molar-refractivity contribution in [3.63, 3.8) is 0 Å². The number of nitrogens with one attached hydrogen (secondary N) is 2. The fourth-order valence-electron chi connectivity index (χ4n) is 1.33. The van der Waals surface area contributed by atoms with Gasteiger partial charge in [0.2, 0.25) is 11.8 Å². The molecule has 0 saturated heterocycles. The van der Waals surface area contributed by atoms with Crippen molar-refractivity contribution in [3.05, 3.63) is 24.0 Å². The SMILES string of the molecule is CC(=O)Nc1ccc(F)c(NC(=O)COC(C)C)c1. The van der Waals surface area contributed by atoms with E-state index in [1.54, 1.807) is 13.8 Å². The van der Waals surface area contributed by atoms with Crippen LogP contribution in [-0.2, 0) is 14.3 Å². The van der Waals surface area contributed by atoms with Gasteiger partial charge in [-0.2, -0.15) is 0 Å². The van der Waals surface area contributed by atoms with Crippen LogP contribution >= 0.6 is 0 Å². The molecule has 0 heterocycles. The van der Waals surface area contributed by atoms with Gasteiger partial charge in [-0.05, 0) is 32.0 Å². The van der Waals surface area contributed by atoms with Crippen LogP contribution in [-0.4, -0.2) is 24.5 Å². The van der Waals surface area contributed by atoms with E-state index in [1.807, 2.05) is 0 Å². The van der Waals surface area contributed by atoms with E-state index < -0.39 is 11.7 Å². The molecule has 0 unspecified atom stereocenters. The molecule has 104 valence electrons. The highest BCUT2D eigenvalue weighted by atomic mass is 19.1. The average Bonchev–Trinajstić information content (AvgIpc) is 2.30. The normalized spacial score (nSPS) is 10.4. The summed E-state index contributed by atoms with van der Waals surface area (Å²) >= 11 is 0. The molecule has 0 fully saturated rings. The second-order valence-corrected chi connectivity index (χ2v) is 4.28. The summed E-state index contributed by atoms with van der Waals surface area (Å²) in [5, 5.41) is 4.90. The minimum Gasteiger partial charge on any atom is -0.369 e. The maximum atomic E-state index is 13.5. The summed E-state index contributed by atoms with van der Waals surface area (Å²) in [6.07, 6.45) is -0.0821. The molecule has 0 aliphatic rings. The molecule has 19 heavy (non-hydrogen) atoms. The van der Waals surface area contributed by atoms with Crippen molar-refractivity contribution < 1.29 is 18.7 Å². The lowest BCUT2D eigenvalue weighted by Gasteiger charge is -2.10. The molecule has 2 N–H and O–H groups in total. The second-order valence-electron chi connectivity index (χ2n) is 4.28. The van der Waals surface area contributed by atoms with E-state index >= 15 is 0 Å². The van der Waals surface area contributed by atoms with Gasteiger partial charge in [-0.25, -0.2) is 4.39 Å². The van der Waals surface area contributed by atoms with E-state index in [1.165, 1.54) is 25.1 Å². The molecule has 1 aromatic carbocycles. The molecule has 0 radical (unpaired) electrons. The quantitative estimate of drug-likeness (QED) is 0.859. The highest BCUT2D eigenvalue weighted by Gasteiger charge is 2.09. The zero-order valence-corrected chi connectivity index (χ0v) is 11.1. The first kappa shape index (κ1) is 15.1. The van der Waals surface area contributed by atoms with Gasteiger partial charge in [-0.1, -0.05) is 0 Å². The minimum atomic E-state index is -0.577. The summed E-state index contributed by atoms with van der Waals surface area (Å²) in [7, 11) is 0. The van der Waals surface area contributed by atoms with Gasteiger partial charge < -0.3 is 15.4 Å². The van der Waals surface area contributed by atoms with E-state index in [-0.39, 0.29) is 24.3 Å². The van der Waals surface area contributed by atoms with Crippen LogP contribution in [0.3, 0.4) is 0 Å². The first-order valence-electron chi connectivity index (χ1n) is 5.87. The average molecular weight is 268 g/mol. The molecule has 2 amide bonds. The summed E-state index contributed by atoms with van der Waals surface area (Å²) in [4.78, 5) is 22.4. The molecule has 1 rings (SSSR count). The van der Waals surface area contributed by atoms with Crippen LogP contribution in [0.1, 0.15) is 20.8 Å². The molecule has 0 aliphatic heterocycles. The van der Waals surface area contributed by atoms with Crippen molar-refractivity contribution in [2.24, 2.45) is 0 Å². The molecular formula is C13H17FN2O3. The molecule has 0 saturated carbocycles. The lowest BCUT2D eigenvalue weighted by molar-refractivity contribution is -0.122. The largest absolute Gasteiger partial charge is 0.369 e. The Morgan fingerprint density at radius 2 is 2.00 bits per heavy atom. The van der Waals surface area contributed by atoms with E-state index in [0.717, 1.165) is 0 Å². The molecule has 1 aromatic rings. The number of carbonyl (C=O) groups excluding carboxylic acids is 2. The Balaban J connectivity index is 2.71. The maximum Gasteiger partial charge on any atom is 0.250 e. The Labute approximate surface area is 111 Å². The number of hydrogen-bond acceptors (Lipinski definition) is 3. The van der Waals surface area contributed by atoms with Crippen molar-refractivity contribution >= 4 is 23.2 Å². The number of rotatable bonds is 5. The van der Waals surface area contributed by atoms with Crippen molar-refractivity contribution in [3.8, 4) is 0 Å². The molecule has 0 bridgehead atoms. The first-order chi connectivity index (χ1) is 8.88. The zero-order chi connectivity index (χ0) is 14.4. The Kier molecular flexibility index (Phi) is 5.44. The Morgan fingerprint density at radius 1 is 1.32 bits per heavy atom. The lowest BCUT2D eigenvalue weighted by Crippen LogP contribution is -2.21. The van der Waals surface area contributed by atoms with Gasteiger partial charge in [-0.15, -0.1) is 0 Å². The predicted octanol–water partition coefficient (Wildman–Crippen LogP) is 2.15. The van der Waals surface area contributed by atoms with Crippen molar-refractivity contribution in [2.75, 3.05) is 17.2 Å². The van der Waals surface area contributed by atoms with E-state index in [4.69, 9.17) is 4.74 Å². The third-order valence-corrected chi connectivity index (χ3v) is 2.11. The first-order valence-corrected chi connectivity index (χ1v) is 5.87. The molecule has 0 spiro atoms. The Morgan fingerprint density at radius 3 is 2.58 bits per heavy atom. The molecule has 0 atom stereocenters. The van der Waals surface area contributed by atoms with Crippen LogP contribution < -0.4 is 10.6 Å². The number of halogens is 1. The smallest absolute Gasteiger partial charge is 0.250 e. The summed E-state index contributed by atoms with van der Waals surface area (Å²) in [6.45, 7) is 4.79. The number of ether oxygens (including phenoxy) is 1. The van der Waals surface area contributed by atoms with Gasteiger partial charge in [-0.3, -0.25) is 9.59 Å². The zero-order valence-electron chi connectivity index (χ0n) is 11.1. The number of anilines is 2. The summed E-state index contributed by atoms with van der Waals surface area (Å²) < 4.78 is 18.6. The van der Waals surface area contributed by atoms with Crippen LogP contribution in [0.5, 0.6) is 0 Å². The highest BCUT2D eigenvalue weighted by Crippen LogP contribution is 2.19. The maximum absolute atomic E-state index is 13.5. The molecular weight excluding hydrogens is 251 g/mol. The van der Waals surface area contributed by atoms with Crippen LogP contribution in [0.15, 0.2) is 18.2 Å². The van der Waals surface area contributed by atoms with Crippen molar-refractivity contribution in [2.45, 2.75) is 26.9 Å². The van der Waals surface area contributed by atoms with Crippen LogP contribution in [0.2, 0.25) is 0 Å². The van der Waals surface area contributed by atoms with Crippen molar-refractivity contribution in [1.29, 1.82) is 0 Å². The summed E-state index contributed by atoms with van der Waals surface area (Å²) in [5.41, 5.74) is 0.414. The second kappa shape index (κ2) is 6.84. The summed E-state index contributed by atoms with van der Waals surface area (Å²) in [5.74, 6) is -1.30. The standard InChI is InChI=1S/C13H17FN2O3/c1-8(2)19-7-13(18)16-12-6-10(15-9(3)17)4-5-11(12)14/h4-6,8H,7H2,1-3H3,(H,15,17)(H,16,18). The molecule has 0 aromatic heterocycles. The van der Waals surface area contributed by atoms with Gasteiger partial charge in [0.1, 0.15) is 12.4 Å². The topological polar surface area (TPSA) is 67.4 Å². The molecule has 0 aliphatic carbocycles. The molecule has 5 nitrogen and oxygen atoms in total. The fraction of sp³-hybridized carbons (Fsp3) is 0.385. The van der Waals surface area contributed by atoms with Gasteiger partial charge >= 0.3 is 0 Å². The van der Waals surface area contributed by atoms with Crippen LogP contribution in [0.4, 0.5) is 15.8 Å². The van der Waals surface area contributed by atoms with Gasteiger partial charge in [0.25, 0.3) is 0 Å². The van der Waals surface area contributed by atoms with Crippen LogP contribution in [0, 0.1) is 5.82 Å². The monoisotopic (exact) mass is 268 g/mol. The van der Waals surface area contributed by atoms with Crippen LogP contribution in [0.25, 0.3) is 0 Å². The lowest BCUT2D eigenvalue weighted by atomic mass is 10.2. The molecule has 6 heteroatoms. The third kappa shape index (κ3) is 5.48. The van der Waals surface area contributed by atoms with Gasteiger partial charge in [0.05, 0.1) is 11.8 Å². The Hall–Kier alpha value is -1.95.